The van der Waals surface area contributed by atoms with Crippen molar-refractivity contribution in [2.75, 3.05) is 34.0 Å². The van der Waals surface area contributed by atoms with Crippen molar-refractivity contribution >= 4 is 16.1 Å². The molecule has 0 saturated carbocycles. The lowest BCUT2D eigenvalue weighted by Gasteiger charge is -2.18. The van der Waals surface area contributed by atoms with E-state index in [0.717, 1.165) is 0 Å². The van der Waals surface area contributed by atoms with E-state index in [1.807, 2.05) is 0 Å². The number of aliphatic hydroxyl groups is 1. The van der Waals surface area contributed by atoms with Crippen LogP contribution in [0.3, 0.4) is 0 Å². The minimum Gasteiger partial charge on any atom is -0.394 e. The van der Waals surface area contributed by atoms with Crippen molar-refractivity contribution < 1.29 is 32.9 Å². The Morgan fingerprint density at radius 3 is 2.61 bits per heavy atom. The van der Waals surface area contributed by atoms with Gasteiger partial charge in [0.15, 0.2) is 6.10 Å². The van der Waals surface area contributed by atoms with Gasteiger partial charge >= 0.3 is 8.25 Å². The zero-order valence-electron chi connectivity index (χ0n) is 10.4. The molecule has 0 aromatic rings. The molecule has 0 aromatic carbocycles. The molecule has 2 radical (unpaired) electrons. The molecular weight excluding hydrogens is 262 g/mol. The lowest BCUT2D eigenvalue weighted by molar-refractivity contribution is -0.0331. The summed E-state index contributed by atoms with van der Waals surface area (Å²) in [4.78, 5) is 0. The molecule has 18 heavy (non-hydrogen) atoms. The Balaban J connectivity index is 2.60. The van der Waals surface area contributed by atoms with Crippen LogP contribution in [0.1, 0.15) is 0 Å². The highest BCUT2D eigenvalue weighted by Crippen LogP contribution is 2.33. The maximum atomic E-state index is 11.3. The van der Waals surface area contributed by atoms with Gasteiger partial charge < -0.3 is 19.3 Å². The van der Waals surface area contributed by atoms with E-state index in [-0.39, 0.29) is 6.61 Å². The molecule has 1 aliphatic heterocycles. The predicted molar refractivity (Wildman–Crippen MR) is 62.6 cm³/mol. The summed E-state index contributed by atoms with van der Waals surface area (Å²) in [5.41, 5.74) is 0. The van der Waals surface area contributed by atoms with Gasteiger partial charge in [-0.3, -0.25) is 0 Å². The minimum absolute atomic E-state index is 0.292. The lowest BCUT2D eigenvalue weighted by atomic mass is 9.93. The van der Waals surface area contributed by atoms with Gasteiger partial charge in [0.2, 0.25) is 0 Å². The third-order valence-corrected chi connectivity index (χ3v) is 3.19. The summed E-state index contributed by atoms with van der Waals surface area (Å²) in [6.07, 6.45) is -2.07. The van der Waals surface area contributed by atoms with Gasteiger partial charge in [-0.2, -0.15) is 0 Å². The van der Waals surface area contributed by atoms with Crippen LogP contribution < -0.4 is 0 Å². The highest BCUT2D eigenvalue weighted by Gasteiger charge is 2.48. The van der Waals surface area contributed by atoms with Gasteiger partial charge in [-0.1, -0.05) is 0 Å². The van der Waals surface area contributed by atoms with Gasteiger partial charge in [-0.15, -0.1) is 9.05 Å². The number of ether oxygens (including phenoxy) is 3. The van der Waals surface area contributed by atoms with Crippen LogP contribution in [-0.2, 0) is 27.8 Å². The minimum atomic E-state index is -2.29. The van der Waals surface area contributed by atoms with E-state index in [2.05, 4.69) is 4.52 Å². The molecule has 0 bridgehead atoms. The molecule has 1 N–H and O–H groups in total. The molecule has 1 fully saturated rings. The van der Waals surface area contributed by atoms with Gasteiger partial charge in [-0.05, 0) is 0 Å². The zero-order chi connectivity index (χ0) is 13.5. The normalized spacial score (nSPS) is 32.7. The van der Waals surface area contributed by atoms with E-state index in [1.165, 1.54) is 7.11 Å². The first-order chi connectivity index (χ1) is 8.63. The first-order valence-corrected chi connectivity index (χ1v) is 6.54. The number of methoxy groups -OCH3 is 1. The maximum absolute atomic E-state index is 11.3. The first-order valence-electron chi connectivity index (χ1n) is 5.44. The second-order valence-electron chi connectivity index (χ2n) is 3.63. The highest BCUT2D eigenvalue weighted by atomic mass is 31.1. The summed E-state index contributed by atoms with van der Waals surface area (Å²) in [6, 6.07) is -0.760. The van der Waals surface area contributed by atoms with E-state index in [4.69, 9.17) is 31.7 Å². The fraction of sp³-hybridized carbons (Fsp3) is 1.00. The van der Waals surface area contributed by atoms with E-state index in [1.54, 1.807) is 7.11 Å². The largest absolute Gasteiger partial charge is 0.697 e. The molecule has 0 aliphatic carbocycles. The van der Waals surface area contributed by atoms with E-state index >= 15 is 0 Å². The quantitative estimate of drug-likeness (QED) is 0.367. The SMILES string of the molecule is [B]C1OC(CO)C(O[P+](=O)OC)C1OCCOC. The molecule has 0 amide bonds. The van der Waals surface area contributed by atoms with Crippen LogP contribution >= 0.6 is 8.25 Å². The standard InChI is InChI=1S/C9H17BO7P/c1-13-3-4-15-8-7(17-18(12)14-2)6(5-11)16-9(8)10/h6-9,11H,3-5H2,1-2H3/q+1. The molecule has 5 unspecified atom stereocenters. The molecule has 1 aliphatic rings. The van der Waals surface area contributed by atoms with Crippen molar-refractivity contribution in [3.8, 4) is 0 Å². The number of rotatable bonds is 8. The molecule has 9 heteroatoms. The van der Waals surface area contributed by atoms with Crippen molar-refractivity contribution in [2.24, 2.45) is 0 Å². The Kier molecular flexibility index (Phi) is 7.25. The molecular formula is C9H17BO7P+. The average molecular weight is 279 g/mol. The molecule has 0 spiro atoms. The van der Waals surface area contributed by atoms with Gasteiger partial charge in [0.25, 0.3) is 0 Å². The fourth-order valence-electron chi connectivity index (χ4n) is 1.63. The number of aliphatic hydroxyl groups excluding tert-OH is 1. The van der Waals surface area contributed by atoms with E-state index in [0.29, 0.717) is 13.2 Å². The molecule has 5 atom stereocenters. The molecule has 1 saturated heterocycles. The average Bonchev–Trinajstić information content (AvgIpc) is 2.66. The Hall–Kier alpha value is -0.0751. The summed E-state index contributed by atoms with van der Waals surface area (Å²) in [6.45, 7) is 0.367. The van der Waals surface area contributed by atoms with Gasteiger partial charge in [0.1, 0.15) is 20.1 Å². The van der Waals surface area contributed by atoms with Crippen LogP contribution in [0.5, 0.6) is 0 Å². The second kappa shape index (κ2) is 8.17. The Morgan fingerprint density at radius 2 is 2.06 bits per heavy atom. The third-order valence-electron chi connectivity index (χ3n) is 2.48. The Morgan fingerprint density at radius 1 is 1.33 bits per heavy atom. The zero-order valence-corrected chi connectivity index (χ0v) is 11.2. The monoisotopic (exact) mass is 279 g/mol. The molecule has 1 heterocycles. The summed E-state index contributed by atoms with van der Waals surface area (Å²) in [5.74, 6) is 0. The maximum Gasteiger partial charge on any atom is 0.697 e. The van der Waals surface area contributed by atoms with Gasteiger partial charge in [0.05, 0.1) is 26.9 Å². The van der Waals surface area contributed by atoms with Crippen LogP contribution in [0.4, 0.5) is 0 Å². The van der Waals surface area contributed by atoms with Gasteiger partial charge in [0, 0.05) is 17.7 Å². The lowest BCUT2D eigenvalue weighted by Crippen LogP contribution is -2.38. The second-order valence-corrected chi connectivity index (χ2v) is 4.65. The van der Waals surface area contributed by atoms with Crippen LogP contribution in [0.15, 0.2) is 0 Å². The summed E-state index contributed by atoms with van der Waals surface area (Å²) in [7, 11) is 6.22. The van der Waals surface area contributed by atoms with Gasteiger partial charge in [-0.25, -0.2) is 0 Å². The van der Waals surface area contributed by atoms with Crippen LogP contribution in [0.25, 0.3) is 0 Å². The van der Waals surface area contributed by atoms with E-state index < -0.39 is 32.6 Å². The molecule has 0 aromatic heterocycles. The molecule has 102 valence electrons. The van der Waals surface area contributed by atoms with Crippen LogP contribution in [0.2, 0.25) is 0 Å². The fourth-order valence-corrected chi connectivity index (χ4v) is 2.17. The molecule has 7 nitrogen and oxygen atoms in total. The van der Waals surface area contributed by atoms with Crippen molar-refractivity contribution in [1.82, 2.24) is 0 Å². The number of hydrogen-bond acceptors (Lipinski definition) is 7. The summed E-state index contributed by atoms with van der Waals surface area (Å²) >= 11 is 0. The molecule has 1 rings (SSSR count). The highest BCUT2D eigenvalue weighted by molar-refractivity contribution is 7.33. The van der Waals surface area contributed by atoms with Crippen molar-refractivity contribution in [3.05, 3.63) is 0 Å². The van der Waals surface area contributed by atoms with Crippen molar-refractivity contribution in [2.45, 2.75) is 24.3 Å². The Labute approximate surface area is 108 Å². The van der Waals surface area contributed by atoms with Crippen LogP contribution in [-0.4, -0.2) is 71.3 Å². The van der Waals surface area contributed by atoms with E-state index in [9.17, 15) is 4.57 Å². The van der Waals surface area contributed by atoms with Crippen molar-refractivity contribution in [1.29, 1.82) is 0 Å². The predicted octanol–water partition coefficient (Wildman–Crippen LogP) is -0.407. The summed E-state index contributed by atoms with van der Waals surface area (Å²) < 4.78 is 36.5. The number of hydrogen-bond donors (Lipinski definition) is 1. The smallest absolute Gasteiger partial charge is 0.394 e. The third kappa shape index (κ3) is 4.24. The van der Waals surface area contributed by atoms with Crippen LogP contribution in [0, 0.1) is 0 Å². The summed E-state index contributed by atoms with van der Waals surface area (Å²) in [5, 5.41) is 9.15. The Bertz CT molecular complexity index is 267. The topological polar surface area (TPSA) is 83.5 Å². The first kappa shape index (κ1) is 16.0. The van der Waals surface area contributed by atoms with Crippen molar-refractivity contribution in [3.63, 3.8) is 0 Å².